The van der Waals surface area contributed by atoms with E-state index in [1.807, 2.05) is 11.3 Å². The molecular weight excluding hydrogens is 663 g/mol. The van der Waals surface area contributed by atoms with E-state index >= 15 is 0 Å². The van der Waals surface area contributed by atoms with E-state index in [-0.39, 0.29) is 0 Å². The molecule has 0 saturated carbocycles. The van der Waals surface area contributed by atoms with Gasteiger partial charge in [-0.3, -0.25) is 0 Å². The van der Waals surface area contributed by atoms with Crippen molar-refractivity contribution in [2.75, 3.05) is 4.90 Å². The molecule has 9 aromatic carbocycles. The van der Waals surface area contributed by atoms with Crippen LogP contribution in [-0.4, -0.2) is 0 Å². The number of fused-ring (bicyclic) bond motifs is 9. The van der Waals surface area contributed by atoms with Crippen LogP contribution in [0.4, 0.5) is 17.1 Å². The third-order valence-corrected chi connectivity index (χ3v) is 11.8. The van der Waals surface area contributed by atoms with E-state index in [0.717, 1.165) is 50.1 Å². The van der Waals surface area contributed by atoms with Crippen molar-refractivity contribution in [2.24, 2.45) is 0 Å². The van der Waals surface area contributed by atoms with Crippen molar-refractivity contribution >= 4 is 92.1 Å². The average Bonchev–Trinajstić information content (AvgIpc) is 3.80. The Hall–Kier alpha value is -6.68. The topological polar surface area (TPSA) is 16.4 Å². The highest BCUT2D eigenvalue weighted by Gasteiger charge is 2.20. The Labute approximate surface area is 310 Å². The van der Waals surface area contributed by atoms with Crippen molar-refractivity contribution in [3.63, 3.8) is 0 Å². The summed E-state index contributed by atoms with van der Waals surface area (Å²) in [6.45, 7) is 0. The van der Waals surface area contributed by atoms with Gasteiger partial charge in [-0.15, -0.1) is 11.3 Å². The zero-order valence-corrected chi connectivity index (χ0v) is 29.5. The maximum absolute atomic E-state index is 6.92. The molecule has 0 N–H and O–H groups in total. The Bertz CT molecular complexity index is 3180. The predicted molar refractivity (Wildman–Crippen MR) is 227 cm³/mol. The van der Waals surface area contributed by atoms with E-state index < -0.39 is 0 Å². The average molecular weight is 694 g/mol. The fourth-order valence-electron chi connectivity index (χ4n) is 8.20. The molecule has 0 unspecified atom stereocenters. The molecule has 0 fully saturated rings. The maximum atomic E-state index is 6.92. The van der Waals surface area contributed by atoms with Gasteiger partial charge < -0.3 is 9.32 Å². The molecule has 0 atom stereocenters. The largest absolute Gasteiger partial charge is 0.455 e. The standard InChI is InChI=1S/C50H31NOS/c1-3-17-38-32(11-1)13-8-20-39(38)34-25-27-36(28-26-34)51(45-23-9-14-33-12-2-4-18-40(33)45)37-16-7-15-35(31-37)41-21-10-22-42-43-29-30-47-48(50(43)52-49(41)42)44-19-5-6-24-46(44)53-47/h1-31H. The smallest absolute Gasteiger partial charge is 0.144 e. The Balaban J connectivity index is 1.09. The maximum Gasteiger partial charge on any atom is 0.144 e. The summed E-state index contributed by atoms with van der Waals surface area (Å²) >= 11 is 1.82. The van der Waals surface area contributed by atoms with Gasteiger partial charge in [0.25, 0.3) is 0 Å². The SMILES string of the molecule is c1cc(-c2cccc3c2oc2c3ccc3sc4ccccc4c32)cc(N(c2ccc(-c3cccc4ccccc34)cc2)c2cccc3ccccc23)c1. The van der Waals surface area contributed by atoms with E-state index in [2.05, 4.69) is 193 Å². The Morgan fingerprint density at radius 1 is 0.377 bits per heavy atom. The molecular formula is C50H31NOS. The summed E-state index contributed by atoms with van der Waals surface area (Å²) in [6, 6.07) is 67.9. The quantitative estimate of drug-likeness (QED) is 0.178. The Morgan fingerprint density at radius 3 is 1.89 bits per heavy atom. The lowest BCUT2D eigenvalue weighted by Crippen LogP contribution is -2.10. The van der Waals surface area contributed by atoms with Gasteiger partial charge in [0.05, 0.1) is 5.69 Å². The molecule has 11 aromatic rings. The number of nitrogens with zero attached hydrogens (tertiary/aromatic N) is 1. The lowest BCUT2D eigenvalue weighted by Gasteiger charge is -2.27. The van der Waals surface area contributed by atoms with Gasteiger partial charge >= 0.3 is 0 Å². The zero-order valence-electron chi connectivity index (χ0n) is 28.7. The monoisotopic (exact) mass is 693 g/mol. The Kier molecular flexibility index (Phi) is 6.76. The normalized spacial score (nSPS) is 11.8. The van der Waals surface area contributed by atoms with Crippen molar-refractivity contribution in [3.8, 4) is 22.3 Å². The van der Waals surface area contributed by atoms with Gasteiger partial charge in [0.15, 0.2) is 0 Å². The molecule has 0 bridgehead atoms. The van der Waals surface area contributed by atoms with Crippen LogP contribution in [0, 0.1) is 0 Å². The first-order valence-electron chi connectivity index (χ1n) is 18.0. The number of hydrogen-bond acceptors (Lipinski definition) is 3. The fourth-order valence-corrected chi connectivity index (χ4v) is 9.31. The van der Waals surface area contributed by atoms with Crippen LogP contribution in [0.3, 0.4) is 0 Å². The minimum Gasteiger partial charge on any atom is -0.455 e. The highest BCUT2D eigenvalue weighted by Crippen LogP contribution is 2.45. The summed E-state index contributed by atoms with van der Waals surface area (Å²) < 4.78 is 9.45. The number of hydrogen-bond donors (Lipinski definition) is 0. The molecule has 0 radical (unpaired) electrons. The molecule has 0 amide bonds. The van der Waals surface area contributed by atoms with E-state index in [0.29, 0.717) is 0 Å². The minimum atomic E-state index is 0.915. The molecule has 2 nitrogen and oxygen atoms in total. The van der Waals surface area contributed by atoms with Crippen molar-refractivity contribution in [2.45, 2.75) is 0 Å². The minimum absolute atomic E-state index is 0.915. The van der Waals surface area contributed by atoms with Crippen LogP contribution in [0.5, 0.6) is 0 Å². The molecule has 248 valence electrons. The number of rotatable bonds is 5. The Morgan fingerprint density at radius 2 is 1.02 bits per heavy atom. The van der Waals surface area contributed by atoms with E-state index in [4.69, 9.17) is 4.42 Å². The molecule has 3 heteroatoms. The van der Waals surface area contributed by atoms with Crippen LogP contribution in [0.25, 0.3) is 85.9 Å². The second kappa shape index (κ2) is 11.9. The second-order valence-corrected chi connectivity index (χ2v) is 14.7. The lowest BCUT2D eigenvalue weighted by atomic mass is 9.97. The zero-order chi connectivity index (χ0) is 34.9. The third-order valence-electron chi connectivity index (χ3n) is 10.7. The lowest BCUT2D eigenvalue weighted by molar-refractivity contribution is 0.674. The fraction of sp³-hybridized carbons (Fsp3) is 0. The van der Waals surface area contributed by atoms with Crippen molar-refractivity contribution in [3.05, 3.63) is 188 Å². The second-order valence-electron chi connectivity index (χ2n) is 13.7. The molecule has 53 heavy (non-hydrogen) atoms. The summed E-state index contributed by atoms with van der Waals surface area (Å²) in [6.07, 6.45) is 0. The molecule has 2 aromatic heterocycles. The summed E-state index contributed by atoms with van der Waals surface area (Å²) in [5.41, 5.74) is 9.80. The highest BCUT2D eigenvalue weighted by molar-refractivity contribution is 7.26. The highest BCUT2D eigenvalue weighted by atomic mass is 32.1. The number of benzene rings is 9. The molecule has 0 spiro atoms. The number of para-hydroxylation sites is 1. The summed E-state index contributed by atoms with van der Waals surface area (Å²) in [5, 5.41) is 9.64. The third kappa shape index (κ3) is 4.78. The molecule has 2 heterocycles. The number of thiophene rings is 1. The summed E-state index contributed by atoms with van der Waals surface area (Å²) in [5.74, 6) is 0. The van der Waals surface area contributed by atoms with Gasteiger partial charge in [-0.25, -0.2) is 0 Å². The first-order valence-corrected chi connectivity index (χ1v) is 18.8. The molecule has 0 aliphatic heterocycles. The van der Waals surface area contributed by atoms with Gasteiger partial charge in [-0.05, 0) is 81.4 Å². The van der Waals surface area contributed by atoms with Crippen molar-refractivity contribution < 1.29 is 4.42 Å². The van der Waals surface area contributed by atoms with E-state index in [1.54, 1.807) is 0 Å². The van der Waals surface area contributed by atoms with Crippen LogP contribution in [0.1, 0.15) is 0 Å². The van der Waals surface area contributed by atoms with Crippen molar-refractivity contribution in [1.82, 2.24) is 0 Å². The van der Waals surface area contributed by atoms with Gasteiger partial charge in [-0.2, -0.15) is 0 Å². The molecule has 0 saturated heterocycles. The van der Waals surface area contributed by atoms with Crippen LogP contribution in [-0.2, 0) is 0 Å². The first kappa shape index (κ1) is 30.0. The van der Waals surface area contributed by atoms with Gasteiger partial charge in [0, 0.05) is 53.3 Å². The molecule has 0 aliphatic carbocycles. The molecule has 0 aliphatic rings. The van der Waals surface area contributed by atoms with Gasteiger partial charge in [0.1, 0.15) is 11.2 Å². The van der Waals surface area contributed by atoms with Gasteiger partial charge in [0.2, 0.25) is 0 Å². The first-order chi connectivity index (χ1) is 26.3. The van der Waals surface area contributed by atoms with E-state index in [1.165, 1.54) is 52.8 Å². The summed E-state index contributed by atoms with van der Waals surface area (Å²) in [4.78, 5) is 2.39. The number of furan rings is 1. The summed E-state index contributed by atoms with van der Waals surface area (Å²) in [7, 11) is 0. The predicted octanol–water partition coefficient (Wildman–Crippen LogP) is 15.1. The number of anilines is 3. The van der Waals surface area contributed by atoms with Crippen molar-refractivity contribution in [1.29, 1.82) is 0 Å². The van der Waals surface area contributed by atoms with Crippen LogP contribution >= 0.6 is 11.3 Å². The van der Waals surface area contributed by atoms with Gasteiger partial charge in [-0.1, -0.05) is 140 Å². The van der Waals surface area contributed by atoms with Crippen LogP contribution < -0.4 is 4.90 Å². The molecule has 11 rings (SSSR count). The van der Waals surface area contributed by atoms with E-state index in [9.17, 15) is 0 Å². The van der Waals surface area contributed by atoms with Crippen LogP contribution in [0.2, 0.25) is 0 Å². The van der Waals surface area contributed by atoms with Crippen LogP contribution in [0.15, 0.2) is 192 Å².